The van der Waals surface area contributed by atoms with E-state index in [-0.39, 0.29) is 56.1 Å². The van der Waals surface area contributed by atoms with Crippen LogP contribution in [0.15, 0.2) is 0 Å². The third-order valence-electron chi connectivity index (χ3n) is 20.6. The van der Waals surface area contributed by atoms with Crippen molar-refractivity contribution in [2.45, 2.75) is 388 Å². The summed E-state index contributed by atoms with van der Waals surface area (Å²) in [5.74, 6) is -0.620. The quantitative estimate of drug-likeness (QED) is 0.0154. The topological polar surface area (TPSA) is 326 Å². The summed E-state index contributed by atoms with van der Waals surface area (Å²) in [6.45, 7) is 14.4. The van der Waals surface area contributed by atoms with Gasteiger partial charge in [0, 0.05) is 65.4 Å². The highest BCUT2D eigenvalue weighted by Crippen LogP contribution is 2.23. The number of methoxy groups -OCH3 is 3. The van der Waals surface area contributed by atoms with Crippen LogP contribution in [0.4, 0.5) is 28.8 Å². The van der Waals surface area contributed by atoms with Gasteiger partial charge in [-0.2, -0.15) is 0 Å². The molecule has 0 aromatic heterocycles. The summed E-state index contributed by atoms with van der Waals surface area (Å²) in [5.41, 5.74) is 0. The molecule has 2 fully saturated rings. The van der Waals surface area contributed by atoms with E-state index in [1.54, 1.807) is 0 Å². The Labute approximate surface area is 664 Å². The maximum atomic E-state index is 12.7. The standard InChI is InChI=1S/C35H66N4O4.C25H50N4O4.C24H48N4O4.CH4/c1-43-33(40)32(39-35(42)38-29-31-24-18-14-10-6-3-7-11-15-19-25-31)26-20-21-27-36-34(41)37-28-30-22-16-12-8-4-2-5-9-13-17-23-30;1-4-6-8-10-12-14-18-26-24(31)28-20-16-17-22(23(30)33-3)21-29-25(32)27-19-15-13-11-9-7-5-2;1-4-6-8-10-12-14-18-25-23(30)26-20-16-17-21(22(29)32-3)28-24(31)27-19-15-13-11-9-7-5-2;/h30-32H,2-29H2,1H3,(H2,36,37,41)(H2,38,39,42);22H,4-21H2,1-3H3,(H2,26,28,31)(H2,27,29,32);21H,4-20H2,1-3H3,(H2,25,26,30)(H2,27,28,31);1H4. The molecular weight excluding hydrogens is 1380 g/mol. The van der Waals surface area contributed by atoms with Crippen molar-refractivity contribution in [1.29, 1.82) is 0 Å². The van der Waals surface area contributed by atoms with E-state index < -0.39 is 29.9 Å². The van der Waals surface area contributed by atoms with Crippen LogP contribution >= 0.6 is 0 Å². The van der Waals surface area contributed by atoms with Gasteiger partial charge in [-0.05, 0) is 108 Å². The molecule has 2 aliphatic rings. The lowest BCUT2D eigenvalue weighted by atomic mass is 9.93. The van der Waals surface area contributed by atoms with E-state index in [0.29, 0.717) is 103 Å². The fourth-order valence-electron chi connectivity index (χ4n) is 13.7. The number of hydrogen-bond acceptors (Lipinski definition) is 12. The molecular formula is C85H168N12O12. The second kappa shape index (κ2) is 80.1. The van der Waals surface area contributed by atoms with Crippen molar-refractivity contribution < 1.29 is 57.4 Å². The number of urea groups is 6. The smallest absolute Gasteiger partial charge is 0.328 e. The number of nitrogens with one attached hydrogen (secondary N) is 12. The zero-order chi connectivity index (χ0) is 79.2. The highest BCUT2D eigenvalue weighted by Gasteiger charge is 2.24. The SMILES string of the molecule is C.CCCCCCCCNC(=O)NCCCC(CNC(=O)NCCCCCCCC)C(=O)OC.CCCCCCCCNC(=O)NCCCC(NC(=O)NCCCCCCCC)C(=O)OC.COC(=O)C(CCCCNC(=O)NCC1CCCCCCCCCCC1)NC(=O)NCC1CCCCCCCCCCC1. The molecule has 24 nitrogen and oxygen atoms in total. The lowest BCUT2D eigenvalue weighted by Gasteiger charge is -2.21. The molecule has 0 spiro atoms. The van der Waals surface area contributed by atoms with E-state index in [0.717, 1.165) is 77.2 Å². The molecule has 0 aliphatic heterocycles. The van der Waals surface area contributed by atoms with Gasteiger partial charge in [-0.1, -0.05) is 279 Å². The van der Waals surface area contributed by atoms with Gasteiger partial charge < -0.3 is 78.0 Å². The normalized spacial score (nSPS) is 14.8. The second-order valence-electron chi connectivity index (χ2n) is 30.4. The minimum absolute atomic E-state index is 0. The highest BCUT2D eigenvalue weighted by atomic mass is 16.5. The Balaban J connectivity index is 0. The van der Waals surface area contributed by atoms with Crippen molar-refractivity contribution >= 4 is 54.1 Å². The van der Waals surface area contributed by atoms with Gasteiger partial charge in [-0.25, -0.2) is 38.4 Å². The predicted octanol–water partition coefficient (Wildman–Crippen LogP) is 18.3. The molecule has 0 heterocycles. The zero-order valence-corrected chi connectivity index (χ0v) is 69.8. The van der Waals surface area contributed by atoms with Crippen LogP contribution in [0, 0.1) is 17.8 Å². The van der Waals surface area contributed by atoms with Gasteiger partial charge in [0.05, 0.1) is 27.2 Å². The molecule has 12 N–H and O–H groups in total. The average molecular weight is 1550 g/mol. The third kappa shape index (κ3) is 69.7. The first kappa shape index (κ1) is 105. The van der Waals surface area contributed by atoms with Crippen LogP contribution in [0.25, 0.3) is 0 Å². The summed E-state index contributed by atoms with van der Waals surface area (Å²) in [6, 6.07) is -2.81. The van der Waals surface area contributed by atoms with E-state index in [1.165, 1.54) is 252 Å². The van der Waals surface area contributed by atoms with Crippen LogP contribution < -0.4 is 63.8 Å². The van der Waals surface area contributed by atoms with E-state index in [1.807, 2.05) is 0 Å². The molecule has 3 unspecified atom stereocenters. The maximum Gasteiger partial charge on any atom is 0.328 e. The molecule has 2 rings (SSSR count). The molecule has 109 heavy (non-hydrogen) atoms. The lowest BCUT2D eigenvalue weighted by molar-refractivity contribution is -0.145. The number of amides is 12. The number of hydrogen-bond donors (Lipinski definition) is 12. The Hall–Kier alpha value is -5.97. The predicted molar refractivity (Wildman–Crippen MR) is 447 cm³/mol. The number of unbranched alkanes of at least 4 members (excludes halogenated alkanes) is 21. The molecule has 0 bridgehead atoms. The van der Waals surface area contributed by atoms with Crippen molar-refractivity contribution in [2.24, 2.45) is 17.8 Å². The van der Waals surface area contributed by atoms with Crippen molar-refractivity contribution in [3.05, 3.63) is 0 Å². The Bertz CT molecular complexity index is 2160. The summed E-state index contributed by atoms with van der Waals surface area (Å²) in [5, 5.41) is 34.3. The Morgan fingerprint density at radius 2 is 0.505 bits per heavy atom. The van der Waals surface area contributed by atoms with Crippen LogP contribution in [0.2, 0.25) is 0 Å². The molecule has 3 atom stereocenters. The van der Waals surface area contributed by atoms with Gasteiger partial charge in [0.1, 0.15) is 12.1 Å². The Morgan fingerprint density at radius 1 is 0.266 bits per heavy atom. The van der Waals surface area contributed by atoms with Crippen LogP contribution in [-0.2, 0) is 28.6 Å². The molecule has 0 aromatic rings. The molecule has 2 aliphatic carbocycles. The monoisotopic (exact) mass is 1550 g/mol. The summed E-state index contributed by atoms with van der Waals surface area (Å²) >= 11 is 0. The van der Waals surface area contributed by atoms with Gasteiger partial charge in [0.15, 0.2) is 0 Å². The average Bonchev–Trinajstić information content (AvgIpc) is 0.933. The summed E-state index contributed by atoms with van der Waals surface area (Å²) in [6.07, 6.45) is 60.6. The van der Waals surface area contributed by atoms with Crippen LogP contribution in [0.5, 0.6) is 0 Å². The minimum atomic E-state index is -0.725. The van der Waals surface area contributed by atoms with Crippen LogP contribution in [0.1, 0.15) is 375 Å². The first-order valence-corrected chi connectivity index (χ1v) is 44.1. The Kier molecular flexibility index (Phi) is 77.2. The summed E-state index contributed by atoms with van der Waals surface area (Å²) in [7, 11) is 4.01. The fourth-order valence-corrected chi connectivity index (χ4v) is 13.7. The lowest BCUT2D eigenvalue weighted by Crippen LogP contribution is -2.47. The van der Waals surface area contributed by atoms with Gasteiger partial charge in [-0.15, -0.1) is 0 Å². The molecule has 0 saturated heterocycles. The highest BCUT2D eigenvalue weighted by molar-refractivity contribution is 5.84. The molecule has 24 heteroatoms. The van der Waals surface area contributed by atoms with E-state index >= 15 is 0 Å². The van der Waals surface area contributed by atoms with Gasteiger partial charge in [0.25, 0.3) is 0 Å². The van der Waals surface area contributed by atoms with Crippen LogP contribution in [0.3, 0.4) is 0 Å². The Morgan fingerprint density at radius 3 is 0.835 bits per heavy atom. The maximum absolute atomic E-state index is 12.7. The minimum Gasteiger partial charge on any atom is -0.469 e. The number of ether oxygens (including phenoxy) is 3. The van der Waals surface area contributed by atoms with E-state index in [4.69, 9.17) is 14.2 Å². The fraction of sp³-hybridized carbons (Fsp3) is 0.894. The molecule has 640 valence electrons. The first-order valence-electron chi connectivity index (χ1n) is 44.1. The van der Waals surface area contributed by atoms with Crippen LogP contribution in [-0.4, -0.2) is 153 Å². The van der Waals surface area contributed by atoms with Crippen molar-refractivity contribution in [3.8, 4) is 0 Å². The van der Waals surface area contributed by atoms with Gasteiger partial charge in [-0.3, -0.25) is 4.79 Å². The molecule has 0 radical (unpaired) electrons. The second-order valence-corrected chi connectivity index (χ2v) is 30.4. The molecule has 12 amide bonds. The van der Waals surface area contributed by atoms with Gasteiger partial charge >= 0.3 is 54.1 Å². The first-order chi connectivity index (χ1) is 52.7. The van der Waals surface area contributed by atoms with Crippen molar-refractivity contribution in [3.63, 3.8) is 0 Å². The summed E-state index contributed by atoms with van der Waals surface area (Å²) in [4.78, 5) is 109. The van der Waals surface area contributed by atoms with Crippen molar-refractivity contribution in [2.75, 3.05) is 86.8 Å². The number of carbonyl (C=O) groups is 9. The van der Waals surface area contributed by atoms with E-state index in [2.05, 4.69) is 91.5 Å². The number of carbonyl (C=O) groups excluding carboxylic acids is 9. The van der Waals surface area contributed by atoms with E-state index in [9.17, 15) is 43.2 Å². The largest absolute Gasteiger partial charge is 0.469 e. The third-order valence-corrected chi connectivity index (χ3v) is 20.6. The summed E-state index contributed by atoms with van der Waals surface area (Å²) < 4.78 is 14.6. The van der Waals surface area contributed by atoms with Gasteiger partial charge in [0.2, 0.25) is 0 Å². The number of esters is 3. The zero-order valence-electron chi connectivity index (χ0n) is 69.8. The molecule has 0 aromatic carbocycles. The van der Waals surface area contributed by atoms with Crippen molar-refractivity contribution in [1.82, 2.24) is 63.8 Å². The molecule has 2 saturated carbocycles. The number of rotatable bonds is 52.